The molecule has 0 saturated carbocycles. The van der Waals surface area contributed by atoms with Crippen LogP contribution < -0.4 is 10.2 Å². The van der Waals surface area contributed by atoms with Gasteiger partial charge in [0, 0.05) is 37.8 Å². The number of aryl methyl sites for hydroxylation is 2. The molecule has 9 nitrogen and oxygen atoms in total. The fraction of sp³-hybridized carbons (Fsp3) is 0.364. The van der Waals surface area contributed by atoms with E-state index in [4.69, 9.17) is 5.26 Å². The highest BCUT2D eigenvalue weighted by Gasteiger charge is 2.28. The van der Waals surface area contributed by atoms with Crippen molar-refractivity contribution in [2.45, 2.75) is 39.2 Å². The zero-order valence-corrected chi connectivity index (χ0v) is 17.2. The molecule has 4 rings (SSSR count). The second-order valence-electron chi connectivity index (χ2n) is 7.73. The van der Waals surface area contributed by atoms with E-state index in [1.54, 1.807) is 17.9 Å². The van der Waals surface area contributed by atoms with Crippen LogP contribution in [0.15, 0.2) is 18.3 Å². The summed E-state index contributed by atoms with van der Waals surface area (Å²) in [6.07, 6.45) is 4.94. The topological polar surface area (TPSA) is 119 Å². The van der Waals surface area contributed by atoms with Gasteiger partial charge in [-0.05, 0) is 49.4 Å². The largest absolute Gasteiger partial charge is 0.338 e. The molecule has 4 heterocycles. The van der Waals surface area contributed by atoms with E-state index in [0.29, 0.717) is 60.7 Å². The van der Waals surface area contributed by atoms with Crippen LogP contribution in [-0.2, 0) is 17.8 Å². The Bertz CT molecular complexity index is 1110. The average molecular weight is 418 g/mol. The van der Waals surface area contributed by atoms with E-state index in [0.717, 1.165) is 24.8 Å². The van der Waals surface area contributed by atoms with Crippen LogP contribution in [0.5, 0.6) is 0 Å². The van der Waals surface area contributed by atoms with Crippen molar-refractivity contribution in [1.82, 2.24) is 14.9 Å². The summed E-state index contributed by atoms with van der Waals surface area (Å²) in [7, 11) is 0. The van der Waals surface area contributed by atoms with Crippen molar-refractivity contribution in [3.63, 3.8) is 0 Å². The molecule has 1 saturated heterocycles. The number of hydrogen-bond donors (Lipinski definition) is 1. The number of hydrogen-bond acceptors (Lipinski definition) is 6. The molecule has 2 aromatic heterocycles. The van der Waals surface area contributed by atoms with Crippen molar-refractivity contribution < 1.29 is 14.4 Å². The van der Waals surface area contributed by atoms with Gasteiger partial charge in [-0.15, -0.1) is 0 Å². The number of aromatic nitrogens is 2. The number of carbonyl (C=O) groups is 3. The Morgan fingerprint density at radius 1 is 1.29 bits per heavy atom. The van der Waals surface area contributed by atoms with E-state index in [-0.39, 0.29) is 11.6 Å². The molecule has 0 aromatic carbocycles. The summed E-state index contributed by atoms with van der Waals surface area (Å²) in [5.74, 6) is 0.877. The normalized spacial score (nSPS) is 15.4. The Morgan fingerprint density at radius 3 is 2.77 bits per heavy atom. The number of aldehydes is 1. The summed E-state index contributed by atoms with van der Waals surface area (Å²) < 4.78 is 0. The van der Waals surface area contributed by atoms with E-state index >= 15 is 0 Å². The highest BCUT2D eigenvalue weighted by atomic mass is 16.2. The van der Waals surface area contributed by atoms with Crippen molar-refractivity contribution in [3.05, 3.63) is 46.3 Å². The van der Waals surface area contributed by atoms with Gasteiger partial charge in [0.15, 0.2) is 6.29 Å². The van der Waals surface area contributed by atoms with Crippen molar-refractivity contribution in [3.8, 4) is 6.07 Å². The average Bonchev–Trinajstić information content (AvgIpc) is 3.17. The predicted molar refractivity (Wildman–Crippen MR) is 113 cm³/mol. The van der Waals surface area contributed by atoms with E-state index < -0.39 is 6.03 Å². The van der Waals surface area contributed by atoms with Crippen LogP contribution in [0, 0.1) is 18.3 Å². The molecule has 0 aliphatic carbocycles. The molecule has 2 aromatic rings. The first-order valence-corrected chi connectivity index (χ1v) is 10.2. The Hall–Kier alpha value is -3.80. The lowest BCUT2D eigenvalue weighted by Crippen LogP contribution is -2.40. The number of likely N-dealkylation sites (tertiary alicyclic amines) is 1. The molecule has 0 unspecified atom stereocenters. The van der Waals surface area contributed by atoms with Crippen LogP contribution in [0.25, 0.3) is 0 Å². The standard InChI is InChI=1S/C22H22N6O3/c1-14-8-19(24-11-17(14)10-23)26-22(31)28-7-2-4-15-9-16(18(13-29)25-21(15)28)12-27-6-3-5-20(27)30/h8-9,11,13H,2-7,12H2,1H3,(H,24,26,31). The van der Waals surface area contributed by atoms with Crippen LogP contribution in [0.1, 0.15) is 52.0 Å². The summed E-state index contributed by atoms with van der Waals surface area (Å²) in [6.45, 7) is 3.27. The molecule has 0 radical (unpaired) electrons. The van der Waals surface area contributed by atoms with Gasteiger partial charge in [-0.3, -0.25) is 19.8 Å². The molecule has 0 bridgehead atoms. The highest BCUT2D eigenvalue weighted by molar-refractivity contribution is 6.01. The lowest BCUT2D eigenvalue weighted by atomic mass is 10.0. The van der Waals surface area contributed by atoms with Gasteiger partial charge in [0.05, 0.1) is 5.56 Å². The molecule has 158 valence electrons. The Labute approximate surface area is 179 Å². The molecule has 0 atom stereocenters. The molecule has 31 heavy (non-hydrogen) atoms. The number of anilines is 2. The summed E-state index contributed by atoms with van der Waals surface area (Å²) >= 11 is 0. The lowest BCUT2D eigenvalue weighted by Gasteiger charge is -2.29. The Balaban J connectivity index is 1.59. The number of urea groups is 1. The molecular weight excluding hydrogens is 396 g/mol. The molecule has 1 fully saturated rings. The van der Waals surface area contributed by atoms with E-state index in [1.165, 1.54) is 11.1 Å². The fourth-order valence-corrected chi connectivity index (χ4v) is 3.98. The number of fused-ring (bicyclic) bond motifs is 1. The first-order valence-electron chi connectivity index (χ1n) is 10.2. The zero-order chi connectivity index (χ0) is 22.0. The summed E-state index contributed by atoms with van der Waals surface area (Å²) in [5.41, 5.74) is 2.98. The minimum absolute atomic E-state index is 0.0841. The first-order chi connectivity index (χ1) is 15.0. The number of pyridine rings is 2. The van der Waals surface area contributed by atoms with E-state index in [1.807, 2.05) is 12.1 Å². The molecule has 0 spiro atoms. The number of carbonyl (C=O) groups excluding carboxylic acids is 3. The SMILES string of the molecule is Cc1cc(NC(=O)N2CCCc3cc(CN4CCCC4=O)c(C=O)nc32)ncc1C#N. The van der Waals surface area contributed by atoms with Crippen LogP contribution >= 0.6 is 0 Å². The molecule has 2 aliphatic rings. The van der Waals surface area contributed by atoms with Crippen molar-refractivity contribution >= 4 is 29.9 Å². The van der Waals surface area contributed by atoms with Crippen molar-refractivity contribution in [1.29, 1.82) is 5.26 Å². The molecular formula is C22H22N6O3. The van der Waals surface area contributed by atoms with Crippen molar-refractivity contribution in [2.75, 3.05) is 23.3 Å². The predicted octanol–water partition coefficient (Wildman–Crippen LogP) is 2.58. The molecule has 9 heteroatoms. The van der Waals surface area contributed by atoms with Crippen molar-refractivity contribution in [2.24, 2.45) is 0 Å². The van der Waals surface area contributed by atoms with Gasteiger partial charge in [-0.25, -0.2) is 14.8 Å². The van der Waals surface area contributed by atoms with Gasteiger partial charge in [0.25, 0.3) is 0 Å². The van der Waals surface area contributed by atoms with Gasteiger partial charge in [-0.2, -0.15) is 5.26 Å². The first kappa shape index (κ1) is 20.5. The lowest BCUT2D eigenvalue weighted by molar-refractivity contribution is -0.128. The minimum Gasteiger partial charge on any atom is -0.338 e. The van der Waals surface area contributed by atoms with Gasteiger partial charge >= 0.3 is 6.03 Å². The third-order valence-corrected chi connectivity index (χ3v) is 5.63. The molecule has 3 amide bonds. The second-order valence-corrected chi connectivity index (χ2v) is 7.73. The maximum absolute atomic E-state index is 12.9. The number of amides is 3. The quantitative estimate of drug-likeness (QED) is 0.762. The van der Waals surface area contributed by atoms with E-state index in [2.05, 4.69) is 15.3 Å². The number of nitrogens with zero attached hydrogens (tertiary/aromatic N) is 5. The van der Waals surface area contributed by atoms with Crippen LogP contribution in [-0.4, -0.2) is 46.2 Å². The van der Waals surface area contributed by atoms with Crippen LogP contribution in [0.3, 0.4) is 0 Å². The summed E-state index contributed by atoms with van der Waals surface area (Å²) in [4.78, 5) is 48.5. The number of nitrogens with one attached hydrogen (secondary N) is 1. The summed E-state index contributed by atoms with van der Waals surface area (Å²) in [6, 6.07) is 5.18. The van der Waals surface area contributed by atoms with Gasteiger partial charge < -0.3 is 4.90 Å². The maximum atomic E-state index is 12.9. The van der Waals surface area contributed by atoms with E-state index in [9.17, 15) is 14.4 Å². The Morgan fingerprint density at radius 2 is 2.10 bits per heavy atom. The van der Waals surface area contributed by atoms with Gasteiger partial charge in [0.2, 0.25) is 5.91 Å². The zero-order valence-electron chi connectivity index (χ0n) is 17.2. The molecule has 2 aliphatic heterocycles. The van der Waals surface area contributed by atoms with Crippen LogP contribution in [0.4, 0.5) is 16.4 Å². The van der Waals surface area contributed by atoms with Gasteiger partial charge in [-0.1, -0.05) is 0 Å². The fourth-order valence-electron chi connectivity index (χ4n) is 3.98. The highest BCUT2D eigenvalue weighted by Crippen LogP contribution is 2.29. The molecule has 1 N–H and O–H groups in total. The smallest absolute Gasteiger partial charge is 0.328 e. The number of nitriles is 1. The third-order valence-electron chi connectivity index (χ3n) is 5.63. The van der Waals surface area contributed by atoms with Gasteiger partial charge in [0.1, 0.15) is 23.4 Å². The summed E-state index contributed by atoms with van der Waals surface area (Å²) in [5, 5.41) is 11.8. The minimum atomic E-state index is -0.399. The third kappa shape index (κ3) is 4.10. The monoisotopic (exact) mass is 418 g/mol. The Kier molecular flexibility index (Phi) is 5.62. The van der Waals surface area contributed by atoms with Crippen LogP contribution in [0.2, 0.25) is 0 Å². The number of rotatable bonds is 4. The maximum Gasteiger partial charge on any atom is 0.328 e. The second kappa shape index (κ2) is 8.52.